The first-order valence-corrected chi connectivity index (χ1v) is 8.15. The number of nitrogens with one attached hydrogen (secondary N) is 1. The van der Waals surface area contributed by atoms with Crippen molar-refractivity contribution >= 4 is 38.3 Å². The summed E-state index contributed by atoms with van der Waals surface area (Å²) < 4.78 is 1.12. The molecule has 21 heavy (non-hydrogen) atoms. The number of aliphatic imine (C=N–C) groups is 1. The van der Waals surface area contributed by atoms with Crippen molar-refractivity contribution < 1.29 is 0 Å². The number of fused-ring (bicyclic) bond motifs is 1. The van der Waals surface area contributed by atoms with Crippen molar-refractivity contribution in [2.75, 3.05) is 11.9 Å². The molecule has 3 nitrogen and oxygen atoms in total. The topological polar surface area (TPSA) is 50.4 Å². The van der Waals surface area contributed by atoms with E-state index in [4.69, 9.17) is 5.73 Å². The molecule has 4 heteroatoms. The first-order valence-electron chi connectivity index (χ1n) is 7.36. The molecule has 0 aromatic heterocycles. The highest BCUT2D eigenvalue weighted by atomic mass is 79.9. The van der Waals surface area contributed by atoms with Gasteiger partial charge in [-0.2, -0.15) is 0 Å². The van der Waals surface area contributed by atoms with Gasteiger partial charge < -0.3 is 11.1 Å². The molecule has 0 aliphatic carbocycles. The first kappa shape index (κ1) is 15.8. The average molecular weight is 348 g/mol. The monoisotopic (exact) mass is 347 g/mol. The standard InChI is InChI=1S/C17H22BrN3/c1-4-11(3)16-13-7-6-8-14(18)12(13)9-10-15(16)21-17(19)20-5-2/h6-11H,4-5H2,1-3H3,(H3,19,20,21). The van der Waals surface area contributed by atoms with Crippen molar-refractivity contribution in [3.05, 3.63) is 40.4 Å². The number of benzene rings is 2. The maximum atomic E-state index is 5.93. The van der Waals surface area contributed by atoms with Crippen LogP contribution in [0, 0.1) is 0 Å². The van der Waals surface area contributed by atoms with Crippen LogP contribution in [-0.2, 0) is 0 Å². The molecule has 1 atom stereocenters. The maximum absolute atomic E-state index is 5.93. The molecule has 0 aliphatic rings. The van der Waals surface area contributed by atoms with E-state index in [1.807, 2.05) is 6.92 Å². The predicted molar refractivity (Wildman–Crippen MR) is 96.1 cm³/mol. The van der Waals surface area contributed by atoms with Gasteiger partial charge in [0.2, 0.25) is 0 Å². The van der Waals surface area contributed by atoms with Gasteiger partial charge in [-0.15, -0.1) is 0 Å². The average Bonchev–Trinajstić information content (AvgIpc) is 2.46. The van der Waals surface area contributed by atoms with Crippen molar-refractivity contribution in [1.82, 2.24) is 0 Å². The summed E-state index contributed by atoms with van der Waals surface area (Å²) in [4.78, 5) is 4.22. The molecule has 2 aromatic carbocycles. The number of rotatable bonds is 4. The van der Waals surface area contributed by atoms with Crippen LogP contribution in [0.1, 0.15) is 38.7 Å². The number of hydrogen-bond donors (Lipinski definition) is 2. The Kier molecular flexibility index (Phi) is 5.23. The summed E-state index contributed by atoms with van der Waals surface area (Å²) in [7, 11) is 0. The van der Waals surface area contributed by atoms with Crippen molar-refractivity contribution in [3.8, 4) is 0 Å². The molecule has 0 radical (unpaired) electrons. The van der Waals surface area contributed by atoms with Gasteiger partial charge in [-0.1, -0.05) is 48.0 Å². The Bertz CT molecular complexity index is 664. The fourth-order valence-corrected chi connectivity index (χ4v) is 3.03. The molecule has 0 bridgehead atoms. The molecule has 1 unspecified atom stereocenters. The van der Waals surface area contributed by atoms with Crippen molar-refractivity contribution in [2.24, 2.45) is 10.7 Å². The molecule has 0 amide bonds. The highest BCUT2D eigenvalue weighted by Gasteiger charge is 2.14. The van der Waals surface area contributed by atoms with Gasteiger partial charge in [0.1, 0.15) is 0 Å². The van der Waals surface area contributed by atoms with E-state index in [9.17, 15) is 0 Å². The lowest BCUT2D eigenvalue weighted by atomic mass is 9.91. The number of anilines is 1. The van der Waals surface area contributed by atoms with E-state index in [2.05, 4.69) is 70.4 Å². The molecule has 0 aliphatic heterocycles. The number of nitrogens with zero attached hydrogens (tertiary/aromatic N) is 1. The Morgan fingerprint density at radius 2 is 2.00 bits per heavy atom. The lowest BCUT2D eigenvalue weighted by Crippen LogP contribution is -2.23. The molecule has 2 rings (SSSR count). The summed E-state index contributed by atoms with van der Waals surface area (Å²) in [6.07, 6.45) is 1.07. The third-order valence-corrected chi connectivity index (χ3v) is 4.44. The Hall–Kier alpha value is -1.55. The smallest absolute Gasteiger partial charge is 0.193 e. The molecule has 0 fully saturated rings. The van der Waals surface area contributed by atoms with Gasteiger partial charge >= 0.3 is 0 Å². The zero-order valence-corrected chi connectivity index (χ0v) is 14.4. The molecule has 0 heterocycles. The van der Waals surface area contributed by atoms with Crippen LogP contribution in [0.15, 0.2) is 39.8 Å². The van der Waals surface area contributed by atoms with Crippen LogP contribution in [0.25, 0.3) is 10.8 Å². The van der Waals surface area contributed by atoms with Crippen LogP contribution < -0.4 is 11.1 Å². The van der Waals surface area contributed by atoms with Gasteiger partial charge in [0.05, 0.1) is 0 Å². The summed E-state index contributed by atoms with van der Waals surface area (Å²) in [5.41, 5.74) is 8.27. The van der Waals surface area contributed by atoms with Crippen LogP contribution in [0.3, 0.4) is 0 Å². The van der Waals surface area contributed by atoms with Gasteiger partial charge in [-0.25, -0.2) is 0 Å². The van der Waals surface area contributed by atoms with Crippen molar-refractivity contribution in [1.29, 1.82) is 0 Å². The summed E-state index contributed by atoms with van der Waals surface area (Å²) in [6, 6.07) is 10.5. The van der Waals surface area contributed by atoms with Crippen molar-refractivity contribution in [3.63, 3.8) is 0 Å². The fraction of sp³-hybridized carbons (Fsp3) is 0.353. The van der Waals surface area contributed by atoms with Crippen LogP contribution in [0.5, 0.6) is 0 Å². The maximum Gasteiger partial charge on any atom is 0.193 e. The molecular formula is C17H22BrN3. The van der Waals surface area contributed by atoms with E-state index in [-0.39, 0.29) is 0 Å². The largest absolute Gasteiger partial charge is 0.370 e. The van der Waals surface area contributed by atoms with Crippen LogP contribution in [0.2, 0.25) is 0 Å². The van der Waals surface area contributed by atoms with Crippen LogP contribution in [0.4, 0.5) is 5.69 Å². The van der Waals surface area contributed by atoms with E-state index in [0.717, 1.165) is 16.6 Å². The zero-order chi connectivity index (χ0) is 15.4. The second kappa shape index (κ2) is 6.94. The Balaban J connectivity index is 2.62. The Labute approximate surface area is 134 Å². The third-order valence-electron chi connectivity index (χ3n) is 3.75. The molecular weight excluding hydrogens is 326 g/mol. The lowest BCUT2D eigenvalue weighted by molar-refractivity contribution is 0.741. The number of nitrogens with two attached hydrogens (primary N) is 1. The summed E-state index contributed by atoms with van der Waals surface area (Å²) in [5, 5.41) is 5.73. The quantitative estimate of drug-likeness (QED) is 0.612. The minimum Gasteiger partial charge on any atom is -0.370 e. The Morgan fingerprint density at radius 1 is 1.24 bits per heavy atom. The fourth-order valence-electron chi connectivity index (χ4n) is 2.53. The summed E-state index contributed by atoms with van der Waals surface area (Å²) >= 11 is 3.63. The molecule has 112 valence electrons. The van der Waals surface area contributed by atoms with E-state index in [1.54, 1.807) is 0 Å². The zero-order valence-electron chi connectivity index (χ0n) is 12.8. The third kappa shape index (κ3) is 3.38. The number of halogens is 1. The van der Waals surface area contributed by atoms with Crippen molar-refractivity contribution in [2.45, 2.75) is 33.1 Å². The first-order chi connectivity index (χ1) is 10.1. The molecule has 0 spiro atoms. The lowest BCUT2D eigenvalue weighted by Gasteiger charge is -2.19. The van der Waals surface area contributed by atoms with E-state index < -0.39 is 0 Å². The Morgan fingerprint density at radius 3 is 2.67 bits per heavy atom. The van der Waals surface area contributed by atoms with Gasteiger partial charge in [0, 0.05) is 16.7 Å². The molecule has 0 saturated carbocycles. The van der Waals surface area contributed by atoms with Crippen LogP contribution in [-0.4, -0.2) is 12.5 Å². The normalized spacial score (nSPS) is 13.4. The molecule has 2 aromatic rings. The summed E-state index contributed by atoms with van der Waals surface area (Å²) in [5.74, 6) is 0.913. The van der Waals surface area contributed by atoms with Gasteiger partial charge in [-0.05, 0) is 47.7 Å². The molecule has 0 saturated heterocycles. The summed E-state index contributed by atoms with van der Waals surface area (Å²) in [6.45, 7) is 7.10. The number of guanidine groups is 1. The second-order valence-electron chi connectivity index (χ2n) is 5.16. The highest BCUT2D eigenvalue weighted by molar-refractivity contribution is 9.10. The minimum atomic E-state index is 0.444. The van der Waals surface area contributed by atoms with E-state index >= 15 is 0 Å². The van der Waals surface area contributed by atoms with E-state index in [0.29, 0.717) is 18.4 Å². The minimum absolute atomic E-state index is 0.444. The van der Waals surface area contributed by atoms with Gasteiger partial charge in [0.15, 0.2) is 5.96 Å². The highest BCUT2D eigenvalue weighted by Crippen LogP contribution is 2.36. The number of hydrogen-bond acceptors (Lipinski definition) is 1. The molecule has 3 N–H and O–H groups in total. The van der Waals surface area contributed by atoms with Gasteiger partial charge in [0.25, 0.3) is 0 Å². The SMILES string of the molecule is CCN=C(N)Nc1ccc2c(Br)cccc2c1C(C)CC. The van der Waals surface area contributed by atoms with Gasteiger partial charge in [-0.3, -0.25) is 4.99 Å². The predicted octanol–water partition coefficient (Wildman–Crippen LogP) is 4.86. The van der Waals surface area contributed by atoms with E-state index in [1.165, 1.54) is 16.3 Å². The second-order valence-corrected chi connectivity index (χ2v) is 6.01. The van der Waals surface area contributed by atoms with Crippen LogP contribution >= 0.6 is 15.9 Å².